The summed E-state index contributed by atoms with van der Waals surface area (Å²) in [6.45, 7) is 4.48. The van der Waals surface area contributed by atoms with E-state index in [-0.39, 0.29) is 11.4 Å². The van der Waals surface area contributed by atoms with Gasteiger partial charge in [0.1, 0.15) is 5.82 Å². The summed E-state index contributed by atoms with van der Waals surface area (Å²) >= 11 is 0. The second-order valence-corrected chi connectivity index (χ2v) is 3.95. The van der Waals surface area contributed by atoms with Crippen LogP contribution < -0.4 is 5.56 Å². The zero-order chi connectivity index (χ0) is 12.4. The van der Waals surface area contributed by atoms with E-state index >= 15 is 0 Å². The van der Waals surface area contributed by atoms with E-state index in [9.17, 15) is 9.18 Å². The lowest BCUT2D eigenvalue weighted by Crippen LogP contribution is -2.20. The fourth-order valence-corrected chi connectivity index (χ4v) is 1.99. The molecule has 0 saturated heterocycles. The highest BCUT2D eigenvalue weighted by Gasteiger charge is 2.08. The first kappa shape index (κ1) is 11.6. The molecule has 2 rings (SSSR count). The van der Waals surface area contributed by atoms with Crippen molar-refractivity contribution in [2.75, 3.05) is 0 Å². The van der Waals surface area contributed by atoms with Gasteiger partial charge in [-0.25, -0.2) is 4.39 Å². The van der Waals surface area contributed by atoms with Crippen molar-refractivity contribution in [1.82, 2.24) is 4.57 Å². The van der Waals surface area contributed by atoms with Crippen LogP contribution in [0.3, 0.4) is 0 Å². The minimum atomic E-state index is -0.271. The Labute approximate surface area is 99.3 Å². The highest BCUT2D eigenvalue weighted by Crippen LogP contribution is 2.22. The molecular formula is C14H14FNO. The van der Waals surface area contributed by atoms with Gasteiger partial charge in [-0.15, -0.1) is 0 Å². The van der Waals surface area contributed by atoms with Crippen molar-refractivity contribution in [3.05, 3.63) is 58.1 Å². The van der Waals surface area contributed by atoms with E-state index in [0.29, 0.717) is 6.54 Å². The summed E-state index contributed by atoms with van der Waals surface area (Å²) in [5, 5.41) is 0. The third-order valence-corrected chi connectivity index (χ3v) is 2.82. The zero-order valence-electron chi connectivity index (χ0n) is 9.90. The van der Waals surface area contributed by atoms with Gasteiger partial charge in [0.05, 0.1) is 5.69 Å². The van der Waals surface area contributed by atoms with E-state index in [1.165, 1.54) is 12.1 Å². The average molecular weight is 231 g/mol. The van der Waals surface area contributed by atoms with Crippen molar-refractivity contribution in [2.45, 2.75) is 20.4 Å². The molecule has 1 heterocycles. The molecule has 0 bridgehead atoms. The molecule has 0 radical (unpaired) electrons. The monoisotopic (exact) mass is 231 g/mol. The van der Waals surface area contributed by atoms with Crippen LogP contribution in [0, 0.1) is 12.7 Å². The van der Waals surface area contributed by atoms with Crippen molar-refractivity contribution in [2.24, 2.45) is 0 Å². The molecule has 1 aromatic heterocycles. The Hall–Kier alpha value is -1.90. The van der Waals surface area contributed by atoms with Gasteiger partial charge in [0.15, 0.2) is 0 Å². The van der Waals surface area contributed by atoms with Gasteiger partial charge >= 0.3 is 0 Å². The minimum absolute atomic E-state index is 0.0302. The summed E-state index contributed by atoms with van der Waals surface area (Å²) in [7, 11) is 0. The van der Waals surface area contributed by atoms with Crippen LogP contribution in [0.25, 0.3) is 11.3 Å². The Morgan fingerprint density at radius 2 is 1.76 bits per heavy atom. The molecule has 17 heavy (non-hydrogen) atoms. The Balaban J connectivity index is 2.69. The molecule has 88 valence electrons. The molecule has 0 aliphatic rings. The second kappa shape index (κ2) is 4.53. The lowest BCUT2D eigenvalue weighted by atomic mass is 10.1. The molecule has 0 aliphatic carbocycles. The summed E-state index contributed by atoms with van der Waals surface area (Å²) in [6, 6.07) is 9.57. The topological polar surface area (TPSA) is 22.0 Å². The summed E-state index contributed by atoms with van der Waals surface area (Å²) in [5.74, 6) is -0.271. The van der Waals surface area contributed by atoms with Gasteiger partial charge in [0, 0.05) is 12.6 Å². The molecule has 0 unspecified atom stereocenters. The van der Waals surface area contributed by atoms with Crippen LogP contribution in [0.5, 0.6) is 0 Å². The highest BCUT2D eigenvalue weighted by molar-refractivity contribution is 5.63. The number of rotatable bonds is 2. The maximum absolute atomic E-state index is 12.9. The lowest BCUT2D eigenvalue weighted by Gasteiger charge is -2.13. The number of aryl methyl sites for hydroxylation is 1. The lowest BCUT2D eigenvalue weighted by molar-refractivity contribution is 0.628. The van der Waals surface area contributed by atoms with Crippen LogP contribution in [0.15, 0.2) is 41.2 Å². The Morgan fingerprint density at radius 1 is 1.12 bits per heavy atom. The molecule has 0 spiro atoms. The van der Waals surface area contributed by atoms with Gasteiger partial charge in [0.2, 0.25) is 0 Å². The molecule has 3 heteroatoms. The van der Waals surface area contributed by atoms with E-state index < -0.39 is 0 Å². The van der Waals surface area contributed by atoms with Crippen LogP contribution in [0.4, 0.5) is 4.39 Å². The van der Waals surface area contributed by atoms with Crippen molar-refractivity contribution in [3.8, 4) is 11.3 Å². The van der Waals surface area contributed by atoms with Crippen LogP contribution in [0.2, 0.25) is 0 Å². The van der Waals surface area contributed by atoms with Crippen LogP contribution >= 0.6 is 0 Å². The normalized spacial score (nSPS) is 10.5. The third-order valence-electron chi connectivity index (χ3n) is 2.82. The Morgan fingerprint density at radius 3 is 2.35 bits per heavy atom. The maximum Gasteiger partial charge on any atom is 0.250 e. The SMILES string of the molecule is CCn1c(-c2ccc(F)cc2)c(C)ccc1=O. The zero-order valence-corrected chi connectivity index (χ0v) is 9.90. The average Bonchev–Trinajstić information content (AvgIpc) is 2.33. The maximum atomic E-state index is 12.9. The number of pyridine rings is 1. The fraction of sp³-hybridized carbons (Fsp3) is 0.214. The first-order valence-corrected chi connectivity index (χ1v) is 5.60. The molecule has 0 fully saturated rings. The van der Waals surface area contributed by atoms with Gasteiger partial charge in [-0.05, 0) is 49.2 Å². The Bertz CT molecular complexity index is 584. The minimum Gasteiger partial charge on any atom is -0.308 e. The summed E-state index contributed by atoms with van der Waals surface area (Å²) < 4.78 is 14.6. The smallest absolute Gasteiger partial charge is 0.250 e. The molecular weight excluding hydrogens is 217 g/mol. The van der Waals surface area contributed by atoms with Crippen LogP contribution in [0.1, 0.15) is 12.5 Å². The largest absolute Gasteiger partial charge is 0.308 e. The van der Waals surface area contributed by atoms with Crippen molar-refractivity contribution in [1.29, 1.82) is 0 Å². The van der Waals surface area contributed by atoms with E-state index in [1.54, 1.807) is 28.8 Å². The fourth-order valence-electron chi connectivity index (χ4n) is 1.99. The van der Waals surface area contributed by atoms with Gasteiger partial charge in [-0.1, -0.05) is 6.07 Å². The molecule has 0 atom stereocenters. The van der Waals surface area contributed by atoms with Gasteiger partial charge < -0.3 is 4.57 Å². The molecule has 2 aromatic rings. The molecule has 0 aliphatic heterocycles. The third kappa shape index (κ3) is 2.13. The van der Waals surface area contributed by atoms with E-state index in [2.05, 4.69) is 0 Å². The number of hydrogen-bond acceptors (Lipinski definition) is 1. The standard InChI is InChI=1S/C14H14FNO/c1-3-16-13(17)9-4-10(2)14(16)11-5-7-12(15)8-6-11/h4-9H,3H2,1-2H3. The molecule has 0 N–H and O–H groups in total. The first-order valence-electron chi connectivity index (χ1n) is 5.60. The predicted molar refractivity (Wildman–Crippen MR) is 66.5 cm³/mol. The second-order valence-electron chi connectivity index (χ2n) is 3.95. The molecule has 0 amide bonds. The van der Waals surface area contributed by atoms with Crippen LogP contribution in [-0.4, -0.2) is 4.57 Å². The molecule has 1 aromatic carbocycles. The first-order chi connectivity index (χ1) is 8.13. The van der Waals surface area contributed by atoms with E-state index in [0.717, 1.165) is 16.8 Å². The number of hydrogen-bond donors (Lipinski definition) is 0. The van der Waals surface area contributed by atoms with Crippen molar-refractivity contribution >= 4 is 0 Å². The predicted octanol–water partition coefficient (Wildman–Crippen LogP) is 2.98. The van der Waals surface area contributed by atoms with E-state index in [4.69, 9.17) is 0 Å². The van der Waals surface area contributed by atoms with Crippen molar-refractivity contribution < 1.29 is 4.39 Å². The van der Waals surface area contributed by atoms with Gasteiger partial charge in [-0.3, -0.25) is 4.79 Å². The van der Waals surface area contributed by atoms with Gasteiger partial charge in [0.25, 0.3) is 5.56 Å². The van der Waals surface area contributed by atoms with Crippen LogP contribution in [-0.2, 0) is 6.54 Å². The highest BCUT2D eigenvalue weighted by atomic mass is 19.1. The quantitative estimate of drug-likeness (QED) is 0.778. The molecule has 0 saturated carbocycles. The number of benzene rings is 1. The summed E-state index contributed by atoms with van der Waals surface area (Å²) in [5.41, 5.74) is 2.71. The number of halogens is 1. The number of nitrogens with zero attached hydrogens (tertiary/aromatic N) is 1. The van der Waals surface area contributed by atoms with Gasteiger partial charge in [-0.2, -0.15) is 0 Å². The van der Waals surface area contributed by atoms with E-state index in [1.807, 2.05) is 13.8 Å². The van der Waals surface area contributed by atoms with Crippen molar-refractivity contribution in [3.63, 3.8) is 0 Å². The summed E-state index contributed by atoms with van der Waals surface area (Å²) in [6.07, 6.45) is 0. The Kier molecular flexibility index (Phi) is 3.09. The molecule has 2 nitrogen and oxygen atoms in total. The number of aromatic nitrogens is 1. The summed E-state index contributed by atoms with van der Waals surface area (Å²) in [4.78, 5) is 11.8.